The summed E-state index contributed by atoms with van der Waals surface area (Å²) in [6, 6.07) is 22.2. The largest absolute Gasteiger partial charge is 0.459 e. The van der Waals surface area contributed by atoms with E-state index in [2.05, 4.69) is 47.1 Å². The van der Waals surface area contributed by atoms with E-state index in [1.807, 2.05) is 24.3 Å². The van der Waals surface area contributed by atoms with Gasteiger partial charge in [-0.15, -0.1) is 0 Å². The molecule has 0 aliphatic carbocycles. The predicted octanol–water partition coefficient (Wildman–Crippen LogP) is 4.60. The lowest BCUT2D eigenvalue weighted by Gasteiger charge is -2.18. The first-order valence-electron chi connectivity index (χ1n) is 9.56. The van der Waals surface area contributed by atoms with Gasteiger partial charge in [0.1, 0.15) is 5.82 Å². The van der Waals surface area contributed by atoms with Crippen LogP contribution in [0, 0.1) is 0 Å². The highest BCUT2D eigenvalue weighted by Crippen LogP contribution is 2.26. The van der Waals surface area contributed by atoms with Crippen molar-refractivity contribution in [1.29, 1.82) is 0 Å². The second kappa shape index (κ2) is 8.13. The van der Waals surface area contributed by atoms with Gasteiger partial charge in [-0.25, -0.2) is 4.98 Å². The molecule has 1 N–H and O–H groups in total. The summed E-state index contributed by atoms with van der Waals surface area (Å²) in [4.78, 5) is 16.9. The molecular weight excluding hydrogens is 350 g/mol. The van der Waals surface area contributed by atoms with Crippen LogP contribution < -0.4 is 5.32 Å². The van der Waals surface area contributed by atoms with E-state index < -0.39 is 0 Å². The number of carbonyl (C=O) groups is 1. The number of carbonyl (C=O) groups excluding carboxylic acids is 1. The highest BCUT2D eigenvalue weighted by Gasteiger charge is 2.17. The minimum Gasteiger partial charge on any atom is -0.459 e. The lowest BCUT2D eigenvalue weighted by molar-refractivity contribution is 0.0925. The molecule has 5 heteroatoms. The Labute approximate surface area is 164 Å². The van der Waals surface area contributed by atoms with E-state index in [1.165, 1.54) is 11.8 Å². The monoisotopic (exact) mass is 373 g/mol. The Balaban J connectivity index is 1.51. The van der Waals surface area contributed by atoms with Crippen LogP contribution in [0.5, 0.6) is 0 Å². The fourth-order valence-electron chi connectivity index (χ4n) is 3.53. The number of amides is 1. The molecule has 2 aromatic heterocycles. The molecule has 0 spiro atoms. The Morgan fingerprint density at radius 2 is 1.86 bits per heavy atom. The highest BCUT2D eigenvalue weighted by molar-refractivity contribution is 5.91. The van der Waals surface area contributed by atoms with E-state index in [1.54, 1.807) is 12.1 Å². The van der Waals surface area contributed by atoms with Gasteiger partial charge >= 0.3 is 0 Å². The van der Waals surface area contributed by atoms with Crippen molar-refractivity contribution in [3.8, 4) is 0 Å². The maximum Gasteiger partial charge on any atom is 0.286 e. The molecular formula is C23H23N3O2. The zero-order valence-corrected chi connectivity index (χ0v) is 15.8. The second-order valence-electron chi connectivity index (χ2n) is 6.81. The quantitative estimate of drug-likeness (QED) is 0.482. The van der Waals surface area contributed by atoms with Crippen LogP contribution in [-0.2, 0) is 6.42 Å². The maximum atomic E-state index is 12.0. The third kappa shape index (κ3) is 3.69. The third-order valence-electron chi connectivity index (χ3n) is 4.95. The topological polar surface area (TPSA) is 60.1 Å². The summed E-state index contributed by atoms with van der Waals surface area (Å²) in [6.45, 7) is 2.77. The van der Waals surface area contributed by atoms with Crippen LogP contribution in [0.3, 0.4) is 0 Å². The van der Waals surface area contributed by atoms with E-state index in [0.717, 1.165) is 29.7 Å². The zero-order chi connectivity index (χ0) is 19.3. The van der Waals surface area contributed by atoms with Gasteiger partial charge in [-0.2, -0.15) is 0 Å². The Morgan fingerprint density at radius 1 is 1.07 bits per heavy atom. The number of nitrogens with one attached hydrogen (secondary N) is 1. The number of hydrogen-bond donors (Lipinski definition) is 1. The second-order valence-corrected chi connectivity index (χ2v) is 6.81. The van der Waals surface area contributed by atoms with E-state index in [4.69, 9.17) is 9.40 Å². The minimum absolute atomic E-state index is 0.182. The molecule has 0 radical (unpaired) electrons. The predicted molar refractivity (Wildman–Crippen MR) is 109 cm³/mol. The molecule has 0 aliphatic rings. The van der Waals surface area contributed by atoms with Crippen LogP contribution in [0.1, 0.15) is 41.3 Å². The van der Waals surface area contributed by atoms with Gasteiger partial charge in [0.15, 0.2) is 5.76 Å². The van der Waals surface area contributed by atoms with E-state index in [9.17, 15) is 4.79 Å². The van der Waals surface area contributed by atoms with Crippen LogP contribution in [0.25, 0.3) is 11.0 Å². The van der Waals surface area contributed by atoms with Gasteiger partial charge in [0.05, 0.1) is 23.3 Å². The molecule has 1 atom stereocenters. The average molecular weight is 373 g/mol. The van der Waals surface area contributed by atoms with Crippen LogP contribution in [0.2, 0.25) is 0 Å². The fourth-order valence-corrected chi connectivity index (χ4v) is 3.53. The number of nitrogens with zero attached hydrogens (tertiary/aromatic N) is 2. The van der Waals surface area contributed by atoms with E-state index in [0.29, 0.717) is 12.3 Å². The number of aromatic nitrogens is 2. The van der Waals surface area contributed by atoms with Crippen molar-refractivity contribution in [1.82, 2.24) is 14.9 Å². The average Bonchev–Trinajstić information content (AvgIpc) is 3.39. The summed E-state index contributed by atoms with van der Waals surface area (Å²) >= 11 is 0. The lowest BCUT2D eigenvalue weighted by atomic mass is 10.1. The molecule has 4 aromatic rings. The molecule has 0 aliphatic heterocycles. The normalized spacial score (nSPS) is 12.2. The van der Waals surface area contributed by atoms with Crippen LogP contribution in [-0.4, -0.2) is 22.0 Å². The standard InChI is InChI=1S/C23H23N3O2/c1-17(18-9-3-2-4-10-18)26-20-12-6-5-11-19(20)25-22(26)14-7-15-24-23(27)21-13-8-16-28-21/h2-6,8-13,16-17H,7,14-15H2,1H3,(H,24,27). The number of aryl methyl sites for hydroxylation is 1. The molecule has 2 aromatic carbocycles. The Kier molecular flexibility index (Phi) is 5.24. The van der Waals surface area contributed by atoms with Gasteiger partial charge in [0.25, 0.3) is 5.91 Å². The molecule has 4 rings (SSSR count). The van der Waals surface area contributed by atoms with Crippen LogP contribution >= 0.6 is 0 Å². The van der Waals surface area contributed by atoms with Crippen molar-refractivity contribution in [2.45, 2.75) is 25.8 Å². The molecule has 1 unspecified atom stereocenters. The Hall–Kier alpha value is -3.34. The minimum atomic E-state index is -0.184. The van der Waals surface area contributed by atoms with Crippen LogP contribution in [0.4, 0.5) is 0 Å². The third-order valence-corrected chi connectivity index (χ3v) is 4.95. The number of imidazole rings is 1. The molecule has 0 fully saturated rings. The van der Waals surface area contributed by atoms with Crippen molar-refractivity contribution in [3.05, 3.63) is 90.1 Å². The molecule has 2 heterocycles. The first kappa shape index (κ1) is 18.0. The smallest absolute Gasteiger partial charge is 0.286 e. The number of hydrogen-bond acceptors (Lipinski definition) is 3. The SMILES string of the molecule is CC(c1ccccc1)n1c(CCCNC(=O)c2ccco2)nc2ccccc21. The van der Waals surface area contributed by atoms with Gasteiger partial charge in [0, 0.05) is 13.0 Å². The van der Waals surface area contributed by atoms with Gasteiger partial charge in [-0.05, 0) is 43.2 Å². The Bertz CT molecular complexity index is 1050. The highest BCUT2D eigenvalue weighted by atomic mass is 16.3. The van der Waals surface area contributed by atoms with Gasteiger partial charge in [-0.3, -0.25) is 4.79 Å². The summed E-state index contributed by atoms with van der Waals surface area (Å²) in [7, 11) is 0. The molecule has 0 bridgehead atoms. The van der Waals surface area contributed by atoms with Crippen LogP contribution in [0.15, 0.2) is 77.4 Å². The van der Waals surface area contributed by atoms with Crippen molar-refractivity contribution in [3.63, 3.8) is 0 Å². The molecule has 1 amide bonds. The molecule has 142 valence electrons. The summed E-state index contributed by atoms with van der Waals surface area (Å²) < 4.78 is 7.43. The summed E-state index contributed by atoms with van der Waals surface area (Å²) in [6.07, 6.45) is 3.09. The zero-order valence-electron chi connectivity index (χ0n) is 15.8. The summed E-state index contributed by atoms with van der Waals surface area (Å²) in [5, 5.41) is 2.90. The summed E-state index contributed by atoms with van der Waals surface area (Å²) in [5.41, 5.74) is 3.38. The molecule has 0 saturated heterocycles. The number of benzene rings is 2. The maximum absolute atomic E-state index is 12.0. The van der Waals surface area contributed by atoms with Crippen molar-refractivity contribution in [2.75, 3.05) is 6.54 Å². The number of fused-ring (bicyclic) bond motifs is 1. The van der Waals surface area contributed by atoms with E-state index in [-0.39, 0.29) is 11.9 Å². The molecule has 28 heavy (non-hydrogen) atoms. The van der Waals surface area contributed by atoms with Crippen molar-refractivity contribution in [2.24, 2.45) is 0 Å². The van der Waals surface area contributed by atoms with Crippen molar-refractivity contribution < 1.29 is 9.21 Å². The van der Waals surface area contributed by atoms with Gasteiger partial charge in [0.2, 0.25) is 0 Å². The van der Waals surface area contributed by atoms with Gasteiger partial charge in [-0.1, -0.05) is 42.5 Å². The Morgan fingerprint density at radius 3 is 2.64 bits per heavy atom. The lowest BCUT2D eigenvalue weighted by Crippen LogP contribution is -2.24. The van der Waals surface area contributed by atoms with E-state index >= 15 is 0 Å². The number of furan rings is 1. The number of rotatable bonds is 7. The first-order valence-corrected chi connectivity index (χ1v) is 9.56. The first-order chi connectivity index (χ1) is 13.7. The molecule has 5 nitrogen and oxygen atoms in total. The van der Waals surface area contributed by atoms with Crippen molar-refractivity contribution >= 4 is 16.9 Å². The van der Waals surface area contributed by atoms with Gasteiger partial charge < -0.3 is 14.3 Å². The fraction of sp³-hybridized carbons (Fsp3) is 0.217. The summed E-state index contributed by atoms with van der Waals surface area (Å²) in [5.74, 6) is 1.19. The number of para-hydroxylation sites is 2. The molecule has 0 saturated carbocycles.